The molecule has 0 atom stereocenters. The molecule has 1 aromatic heterocycles. The molecule has 2 N–H and O–H groups in total. The summed E-state index contributed by atoms with van der Waals surface area (Å²) in [7, 11) is 0. The van der Waals surface area contributed by atoms with Crippen molar-refractivity contribution >= 4 is 19.2 Å². The molecule has 0 unspecified atom stereocenters. The summed E-state index contributed by atoms with van der Waals surface area (Å²) in [5.41, 5.74) is 5.29. The zero-order valence-electron chi connectivity index (χ0n) is 3.88. The molecule has 3 nitrogen and oxygen atoms in total. The SMILES string of the molecule is Cc1nnc(N)[se]1. The fraction of sp³-hybridized carbons (Fsp3) is 0.333. The number of nitrogens with two attached hydrogens (primary N) is 1. The summed E-state index contributed by atoms with van der Waals surface area (Å²) in [6, 6.07) is 0. The Hall–Kier alpha value is -0.341. The summed E-state index contributed by atoms with van der Waals surface area (Å²) < 4.78 is 1.75. The van der Waals surface area contributed by atoms with Crippen molar-refractivity contribution in [3.8, 4) is 0 Å². The van der Waals surface area contributed by atoms with Crippen LogP contribution in [-0.2, 0) is 0 Å². The number of aromatic nitrogens is 2. The van der Waals surface area contributed by atoms with Crippen molar-refractivity contribution in [2.75, 3.05) is 5.73 Å². The quantitative estimate of drug-likeness (QED) is 0.519. The van der Waals surface area contributed by atoms with Crippen LogP contribution >= 0.6 is 0 Å². The fourth-order valence-corrected chi connectivity index (χ4v) is 1.29. The van der Waals surface area contributed by atoms with E-state index in [9.17, 15) is 0 Å². The number of aryl methyl sites for hydroxylation is 1. The van der Waals surface area contributed by atoms with Crippen LogP contribution in [0.4, 0.5) is 4.69 Å². The number of nitrogens with zero attached hydrogens (tertiary/aromatic N) is 2. The van der Waals surface area contributed by atoms with E-state index in [1.807, 2.05) is 6.92 Å². The predicted molar refractivity (Wildman–Crippen MR) is 28.1 cm³/mol. The van der Waals surface area contributed by atoms with Crippen molar-refractivity contribution in [3.63, 3.8) is 0 Å². The second-order valence-electron chi connectivity index (χ2n) is 1.16. The molecule has 0 radical (unpaired) electrons. The van der Waals surface area contributed by atoms with E-state index in [0.717, 1.165) is 4.57 Å². The van der Waals surface area contributed by atoms with Gasteiger partial charge in [0.25, 0.3) is 0 Å². The van der Waals surface area contributed by atoms with Crippen LogP contribution in [0.15, 0.2) is 0 Å². The van der Waals surface area contributed by atoms with Crippen LogP contribution in [-0.4, -0.2) is 24.7 Å². The topological polar surface area (TPSA) is 51.8 Å². The van der Waals surface area contributed by atoms with Crippen molar-refractivity contribution in [3.05, 3.63) is 4.57 Å². The monoisotopic (exact) mass is 163 g/mol. The molecule has 0 aliphatic carbocycles. The van der Waals surface area contributed by atoms with Gasteiger partial charge >= 0.3 is 46.6 Å². The molecular weight excluding hydrogens is 157 g/mol. The normalized spacial score (nSPS) is 9.29. The Morgan fingerprint density at radius 3 is 2.43 bits per heavy atom. The van der Waals surface area contributed by atoms with E-state index in [4.69, 9.17) is 5.73 Å². The predicted octanol–water partition coefficient (Wildman–Crippen LogP) is -0.576. The number of hydrogen-bond acceptors (Lipinski definition) is 3. The van der Waals surface area contributed by atoms with Crippen LogP contribution in [0, 0.1) is 6.92 Å². The van der Waals surface area contributed by atoms with E-state index in [-0.39, 0.29) is 14.5 Å². The summed E-state index contributed by atoms with van der Waals surface area (Å²) in [6.07, 6.45) is 0. The summed E-state index contributed by atoms with van der Waals surface area (Å²) in [4.78, 5) is 0. The zero-order valence-corrected chi connectivity index (χ0v) is 5.59. The van der Waals surface area contributed by atoms with Gasteiger partial charge in [-0.1, -0.05) is 0 Å². The second kappa shape index (κ2) is 1.64. The molecule has 0 aromatic carbocycles. The van der Waals surface area contributed by atoms with E-state index < -0.39 is 0 Å². The first-order chi connectivity index (χ1) is 3.29. The summed E-state index contributed by atoms with van der Waals surface area (Å²) in [5.74, 6) is 0. The molecule has 1 rings (SSSR count). The van der Waals surface area contributed by atoms with Crippen molar-refractivity contribution in [2.24, 2.45) is 0 Å². The standard InChI is InChI=1S/C3H5N3Se/c1-2-5-6-3(4)7-2/h1H3,(H2,4,6). The molecule has 0 fully saturated rings. The zero-order chi connectivity index (χ0) is 5.28. The third-order valence-electron chi connectivity index (χ3n) is 0.542. The van der Waals surface area contributed by atoms with Crippen LogP contribution in [0.1, 0.15) is 4.57 Å². The Bertz CT molecular complexity index is 142. The fourth-order valence-electron chi connectivity index (χ4n) is 0.312. The van der Waals surface area contributed by atoms with E-state index in [1.165, 1.54) is 0 Å². The third-order valence-corrected chi connectivity index (χ3v) is 1.94. The van der Waals surface area contributed by atoms with Crippen LogP contribution < -0.4 is 5.73 Å². The van der Waals surface area contributed by atoms with Gasteiger partial charge in [-0.2, -0.15) is 0 Å². The van der Waals surface area contributed by atoms with Gasteiger partial charge in [0.1, 0.15) is 0 Å². The van der Waals surface area contributed by atoms with Crippen molar-refractivity contribution < 1.29 is 0 Å². The van der Waals surface area contributed by atoms with Gasteiger partial charge in [-0.05, 0) is 0 Å². The summed E-state index contributed by atoms with van der Waals surface area (Å²) in [6.45, 7) is 1.93. The molecule has 7 heavy (non-hydrogen) atoms. The molecule has 1 aromatic rings. The van der Waals surface area contributed by atoms with Crippen LogP contribution in [0.3, 0.4) is 0 Å². The summed E-state index contributed by atoms with van der Waals surface area (Å²) in [5, 5.41) is 7.35. The molecule has 1 heterocycles. The van der Waals surface area contributed by atoms with Gasteiger partial charge in [-0.15, -0.1) is 0 Å². The second-order valence-corrected chi connectivity index (χ2v) is 3.70. The molecule has 0 aliphatic rings. The molecular formula is C3H5N3Se. The minimum absolute atomic E-state index is 0.264. The van der Waals surface area contributed by atoms with Gasteiger partial charge in [-0.3, -0.25) is 0 Å². The molecule has 4 heteroatoms. The average molecular weight is 162 g/mol. The van der Waals surface area contributed by atoms with Gasteiger partial charge < -0.3 is 0 Å². The molecule has 0 saturated carbocycles. The Kier molecular flexibility index (Phi) is 1.13. The van der Waals surface area contributed by atoms with Gasteiger partial charge in [0.15, 0.2) is 0 Å². The Labute approximate surface area is 47.3 Å². The maximum absolute atomic E-state index is 5.29. The molecule has 38 valence electrons. The molecule has 0 aliphatic heterocycles. The van der Waals surface area contributed by atoms with Gasteiger partial charge in [0, 0.05) is 0 Å². The minimum atomic E-state index is 0.264. The van der Waals surface area contributed by atoms with Gasteiger partial charge in [0.2, 0.25) is 0 Å². The first kappa shape index (κ1) is 4.81. The van der Waals surface area contributed by atoms with Crippen molar-refractivity contribution in [1.29, 1.82) is 0 Å². The Morgan fingerprint density at radius 1 is 1.57 bits per heavy atom. The van der Waals surface area contributed by atoms with Gasteiger partial charge in [-0.25, -0.2) is 0 Å². The number of nitrogen functional groups attached to an aromatic ring is 1. The first-order valence-corrected chi connectivity index (χ1v) is 3.56. The summed E-state index contributed by atoms with van der Waals surface area (Å²) >= 11 is 0.264. The average Bonchev–Trinajstić information content (AvgIpc) is 1.87. The van der Waals surface area contributed by atoms with E-state index in [0.29, 0.717) is 4.69 Å². The van der Waals surface area contributed by atoms with Crippen molar-refractivity contribution in [2.45, 2.75) is 6.92 Å². The van der Waals surface area contributed by atoms with E-state index in [1.54, 1.807) is 0 Å². The maximum atomic E-state index is 5.29. The molecule has 0 saturated heterocycles. The van der Waals surface area contributed by atoms with Crippen LogP contribution in [0.25, 0.3) is 0 Å². The van der Waals surface area contributed by atoms with Crippen LogP contribution in [0.2, 0.25) is 0 Å². The Balaban J connectivity index is 3.04. The Morgan fingerprint density at radius 2 is 2.29 bits per heavy atom. The molecule has 0 bridgehead atoms. The number of hydrogen-bond donors (Lipinski definition) is 1. The first-order valence-electron chi connectivity index (χ1n) is 1.84. The molecule has 0 amide bonds. The number of anilines is 1. The van der Waals surface area contributed by atoms with Crippen LogP contribution in [0.5, 0.6) is 0 Å². The van der Waals surface area contributed by atoms with E-state index >= 15 is 0 Å². The van der Waals surface area contributed by atoms with Gasteiger partial charge in [0.05, 0.1) is 0 Å². The number of rotatable bonds is 0. The third kappa shape index (κ3) is 1.01. The van der Waals surface area contributed by atoms with Crippen molar-refractivity contribution in [1.82, 2.24) is 10.2 Å². The van der Waals surface area contributed by atoms with E-state index in [2.05, 4.69) is 10.2 Å². The molecule has 0 spiro atoms.